The van der Waals surface area contributed by atoms with Gasteiger partial charge in [-0.1, -0.05) is 17.3 Å². The van der Waals surface area contributed by atoms with Gasteiger partial charge in [0.25, 0.3) is 5.91 Å². The zero-order valence-electron chi connectivity index (χ0n) is 16.8. The van der Waals surface area contributed by atoms with E-state index in [0.29, 0.717) is 12.1 Å². The largest absolute Gasteiger partial charge is 0.361 e. The van der Waals surface area contributed by atoms with Gasteiger partial charge in [-0.15, -0.1) is 0 Å². The van der Waals surface area contributed by atoms with Crippen LogP contribution in [0.25, 0.3) is 0 Å². The van der Waals surface area contributed by atoms with Crippen molar-refractivity contribution in [2.24, 2.45) is 4.99 Å². The van der Waals surface area contributed by atoms with Crippen LogP contribution in [0.5, 0.6) is 0 Å². The lowest BCUT2D eigenvalue weighted by Crippen LogP contribution is -2.38. The Morgan fingerprint density at radius 3 is 2.44 bits per heavy atom. The quantitative estimate of drug-likeness (QED) is 0.576. The molecule has 27 heavy (non-hydrogen) atoms. The first-order valence-corrected chi connectivity index (χ1v) is 9.16. The van der Waals surface area contributed by atoms with Crippen molar-refractivity contribution in [1.82, 2.24) is 20.7 Å². The van der Waals surface area contributed by atoms with Crippen LogP contribution >= 0.6 is 0 Å². The standard InChI is InChI=1S/C20H29N5O2/c1-6-21-20(22-12-11-18-14(2)24-27-15(18)3)23-13-16-7-9-17(10-8-16)19(26)25(4)5/h7-10H,6,11-13H2,1-5H3,(H2,21,22,23). The van der Waals surface area contributed by atoms with Crippen LogP contribution < -0.4 is 10.6 Å². The summed E-state index contributed by atoms with van der Waals surface area (Å²) < 4.78 is 5.20. The van der Waals surface area contributed by atoms with Gasteiger partial charge in [0.05, 0.1) is 12.2 Å². The number of nitrogens with one attached hydrogen (secondary N) is 2. The summed E-state index contributed by atoms with van der Waals surface area (Å²) in [5.74, 6) is 1.63. The molecule has 2 rings (SSSR count). The highest BCUT2D eigenvalue weighted by molar-refractivity contribution is 5.93. The molecule has 146 valence electrons. The summed E-state index contributed by atoms with van der Waals surface area (Å²) in [6.07, 6.45) is 0.826. The Labute approximate surface area is 160 Å². The Balaban J connectivity index is 1.93. The van der Waals surface area contributed by atoms with Gasteiger partial charge in [-0.2, -0.15) is 0 Å². The van der Waals surface area contributed by atoms with E-state index >= 15 is 0 Å². The molecule has 0 unspecified atom stereocenters. The van der Waals surface area contributed by atoms with Crippen LogP contribution in [-0.4, -0.2) is 49.1 Å². The van der Waals surface area contributed by atoms with E-state index in [-0.39, 0.29) is 5.91 Å². The maximum Gasteiger partial charge on any atom is 0.253 e. The van der Waals surface area contributed by atoms with Crippen LogP contribution in [0.15, 0.2) is 33.8 Å². The lowest BCUT2D eigenvalue weighted by Gasteiger charge is -2.12. The number of hydrogen-bond acceptors (Lipinski definition) is 4. The van der Waals surface area contributed by atoms with Crippen molar-refractivity contribution in [2.45, 2.75) is 33.7 Å². The second-order valence-corrected chi connectivity index (χ2v) is 6.57. The van der Waals surface area contributed by atoms with Crippen molar-refractivity contribution in [3.8, 4) is 0 Å². The van der Waals surface area contributed by atoms with Gasteiger partial charge in [0.15, 0.2) is 5.96 Å². The average molecular weight is 371 g/mol. The number of aryl methyl sites for hydroxylation is 2. The van der Waals surface area contributed by atoms with E-state index in [0.717, 1.165) is 48.1 Å². The SMILES string of the molecule is CCNC(=NCc1ccc(C(=O)N(C)C)cc1)NCCc1c(C)noc1C. The topological polar surface area (TPSA) is 82.8 Å². The minimum Gasteiger partial charge on any atom is -0.361 e. The summed E-state index contributed by atoms with van der Waals surface area (Å²) in [6, 6.07) is 7.55. The number of aliphatic imine (C=N–C) groups is 1. The number of carbonyl (C=O) groups excluding carboxylic acids is 1. The minimum absolute atomic E-state index is 0.000574. The Kier molecular flexibility index (Phi) is 7.40. The number of amides is 1. The highest BCUT2D eigenvalue weighted by atomic mass is 16.5. The molecule has 0 atom stereocenters. The second kappa shape index (κ2) is 9.75. The van der Waals surface area contributed by atoms with Gasteiger partial charge >= 0.3 is 0 Å². The predicted octanol–water partition coefficient (Wildman–Crippen LogP) is 2.29. The highest BCUT2D eigenvalue weighted by Gasteiger charge is 2.09. The summed E-state index contributed by atoms with van der Waals surface area (Å²) in [5, 5.41) is 10.6. The molecule has 0 spiro atoms. The van der Waals surface area contributed by atoms with Gasteiger partial charge in [-0.3, -0.25) is 4.79 Å². The third kappa shape index (κ3) is 5.84. The molecular formula is C20H29N5O2. The van der Waals surface area contributed by atoms with Crippen LogP contribution in [0.4, 0.5) is 0 Å². The van der Waals surface area contributed by atoms with Gasteiger partial charge in [-0.05, 0) is 44.9 Å². The summed E-state index contributed by atoms with van der Waals surface area (Å²) in [5.41, 5.74) is 3.80. The first-order chi connectivity index (χ1) is 12.9. The molecule has 7 heteroatoms. The third-order valence-corrected chi connectivity index (χ3v) is 4.22. The van der Waals surface area contributed by atoms with E-state index in [2.05, 4.69) is 20.8 Å². The Hall–Kier alpha value is -2.83. The fourth-order valence-corrected chi connectivity index (χ4v) is 2.69. The van der Waals surface area contributed by atoms with Crippen molar-refractivity contribution in [3.05, 3.63) is 52.4 Å². The number of rotatable bonds is 7. The number of nitrogens with zero attached hydrogens (tertiary/aromatic N) is 3. The van der Waals surface area contributed by atoms with Crippen molar-refractivity contribution in [2.75, 3.05) is 27.2 Å². The van der Waals surface area contributed by atoms with E-state index < -0.39 is 0 Å². The summed E-state index contributed by atoms with van der Waals surface area (Å²) >= 11 is 0. The maximum atomic E-state index is 11.9. The van der Waals surface area contributed by atoms with Gasteiger partial charge in [0.1, 0.15) is 5.76 Å². The van der Waals surface area contributed by atoms with Gasteiger partial charge < -0.3 is 20.1 Å². The molecule has 2 N–H and O–H groups in total. The first-order valence-electron chi connectivity index (χ1n) is 9.16. The molecule has 0 radical (unpaired) electrons. The molecule has 0 saturated carbocycles. The van der Waals surface area contributed by atoms with Crippen LogP contribution in [-0.2, 0) is 13.0 Å². The minimum atomic E-state index is -0.000574. The first kappa shape index (κ1) is 20.5. The van der Waals surface area contributed by atoms with E-state index in [1.165, 1.54) is 0 Å². The molecule has 1 aromatic heterocycles. The van der Waals surface area contributed by atoms with Crippen molar-refractivity contribution in [1.29, 1.82) is 0 Å². The second-order valence-electron chi connectivity index (χ2n) is 6.57. The molecule has 0 aliphatic rings. The van der Waals surface area contributed by atoms with Gasteiger partial charge in [-0.25, -0.2) is 4.99 Å². The number of benzene rings is 1. The average Bonchev–Trinajstić information content (AvgIpc) is 2.97. The Morgan fingerprint density at radius 2 is 1.89 bits per heavy atom. The molecule has 1 aromatic carbocycles. The molecule has 0 aliphatic heterocycles. The van der Waals surface area contributed by atoms with Crippen LogP contribution in [0.1, 0.15) is 39.9 Å². The molecule has 0 bridgehead atoms. The fourth-order valence-electron chi connectivity index (χ4n) is 2.69. The molecular weight excluding hydrogens is 342 g/mol. The molecule has 2 aromatic rings. The molecule has 1 amide bonds. The fraction of sp³-hybridized carbons (Fsp3) is 0.450. The summed E-state index contributed by atoms with van der Waals surface area (Å²) in [6.45, 7) is 7.98. The number of carbonyl (C=O) groups is 1. The highest BCUT2D eigenvalue weighted by Crippen LogP contribution is 2.12. The molecule has 1 heterocycles. The Bertz CT molecular complexity index is 759. The summed E-state index contributed by atoms with van der Waals surface area (Å²) in [7, 11) is 3.50. The molecule has 7 nitrogen and oxygen atoms in total. The van der Waals surface area contributed by atoms with Crippen molar-refractivity contribution >= 4 is 11.9 Å². The number of guanidine groups is 1. The Morgan fingerprint density at radius 1 is 1.19 bits per heavy atom. The van der Waals surface area contributed by atoms with Crippen LogP contribution in [0.3, 0.4) is 0 Å². The molecule has 0 aliphatic carbocycles. The molecule has 0 fully saturated rings. The number of hydrogen-bond donors (Lipinski definition) is 2. The lowest BCUT2D eigenvalue weighted by atomic mass is 10.1. The monoisotopic (exact) mass is 371 g/mol. The third-order valence-electron chi connectivity index (χ3n) is 4.22. The smallest absolute Gasteiger partial charge is 0.253 e. The maximum absolute atomic E-state index is 11.9. The van der Waals surface area contributed by atoms with Gasteiger partial charge in [0.2, 0.25) is 0 Å². The van der Waals surface area contributed by atoms with Crippen LogP contribution in [0, 0.1) is 13.8 Å². The molecule has 0 saturated heterocycles. The van der Waals surface area contributed by atoms with E-state index in [1.54, 1.807) is 19.0 Å². The predicted molar refractivity (Wildman–Crippen MR) is 107 cm³/mol. The van der Waals surface area contributed by atoms with Crippen molar-refractivity contribution < 1.29 is 9.32 Å². The normalized spacial score (nSPS) is 11.4. The van der Waals surface area contributed by atoms with Gasteiger partial charge in [0, 0.05) is 38.3 Å². The summed E-state index contributed by atoms with van der Waals surface area (Å²) in [4.78, 5) is 18.1. The van der Waals surface area contributed by atoms with E-state index in [9.17, 15) is 4.79 Å². The van der Waals surface area contributed by atoms with Crippen molar-refractivity contribution in [3.63, 3.8) is 0 Å². The lowest BCUT2D eigenvalue weighted by molar-refractivity contribution is 0.0827. The number of aromatic nitrogens is 1. The van der Waals surface area contributed by atoms with E-state index in [4.69, 9.17) is 4.52 Å². The zero-order chi connectivity index (χ0) is 19.8. The van der Waals surface area contributed by atoms with Crippen LogP contribution in [0.2, 0.25) is 0 Å². The zero-order valence-corrected chi connectivity index (χ0v) is 16.8. The van der Waals surface area contributed by atoms with E-state index in [1.807, 2.05) is 45.0 Å².